The first-order chi connectivity index (χ1) is 18.8. The minimum Gasteiger partial charge on any atom is -0.385 e. The number of aliphatic hydroxyl groups is 1. The Morgan fingerprint density at radius 3 is 2.52 bits per heavy atom. The van der Waals surface area contributed by atoms with Crippen LogP contribution >= 0.6 is 10.3 Å². The van der Waals surface area contributed by atoms with E-state index in [1.165, 1.54) is 11.1 Å². The summed E-state index contributed by atoms with van der Waals surface area (Å²) in [7, 11) is 2.01. The number of ketones is 1. The van der Waals surface area contributed by atoms with Gasteiger partial charge in [-0.1, -0.05) is 50.5 Å². The third-order valence-corrected chi connectivity index (χ3v) is 11.5. The standard InChI is InChI=1S/C30H56N6O3S/c1-8-34-28(40(39,20-37)21(2)3)10-9-11-33-17-27(38)29(35-32)26-13-23(12-24-14-25(24)26)16-30(5,19-31)15-22(4)18-36(6)7/h21-22,28,33-34,37,39H,8-12,14-20,31-32H2,1-7H3/b35-29+/t22-,28?,30-/m0/s1. The Labute approximate surface area is 244 Å². The van der Waals surface area contributed by atoms with Gasteiger partial charge < -0.3 is 36.8 Å². The molecular formula is C30H56N6O3S. The van der Waals surface area contributed by atoms with Crippen LogP contribution < -0.4 is 22.2 Å². The predicted octanol–water partition coefficient (Wildman–Crippen LogP) is 3.31. The van der Waals surface area contributed by atoms with Crippen molar-refractivity contribution in [3.63, 3.8) is 0 Å². The zero-order valence-electron chi connectivity index (χ0n) is 26.0. The zero-order valence-corrected chi connectivity index (χ0v) is 26.8. The van der Waals surface area contributed by atoms with E-state index < -0.39 is 10.3 Å². The summed E-state index contributed by atoms with van der Waals surface area (Å²) in [5.74, 6) is 5.92. The highest BCUT2D eigenvalue weighted by Gasteiger charge is 2.36. The lowest BCUT2D eigenvalue weighted by molar-refractivity contribution is -0.112. The van der Waals surface area contributed by atoms with Crippen LogP contribution in [0.3, 0.4) is 0 Å². The minimum atomic E-state index is -2.18. The van der Waals surface area contributed by atoms with Gasteiger partial charge in [-0.05, 0) is 94.7 Å². The Kier molecular flexibility index (Phi) is 13.6. The summed E-state index contributed by atoms with van der Waals surface area (Å²) in [6, 6.07) is 0. The highest BCUT2D eigenvalue weighted by atomic mass is 32.3. The summed E-state index contributed by atoms with van der Waals surface area (Å²) in [6.07, 6.45) is 5.12. The number of nitrogens with one attached hydrogen (secondary N) is 2. The molecule has 2 rings (SSSR count). The summed E-state index contributed by atoms with van der Waals surface area (Å²) >= 11 is 0. The van der Waals surface area contributed by atoms with Crippen molar-refractivity contribution >= 4 is 21.8 Å². The zero-order chi connectivity index (χ0) is 30.1. The van der Waals surface area contributed by atoms with Crippen molar-refractivity contribution in [2.75, 3.05) is 52.8 Å². The molecule has 4 atom stereocenters. The molecule has 0 heterocycles. The second-order valence-electron chi connectivity index (χ2n) is 12.6. The summed E-state index contributed by atoms with van der Waals surface area (Å²) in [6.45, 7) is 13.5. The van der Waals surface area contributed by atoms with Gasteiger partial charge in [0, 0.05) is 11.8 Å². The second kappa shape index (κ2) is 15.7. The molecule has 0 aromatic rings. The third-order valence-electron chi connectivity index (χ3n) is 8.06. The van der Waals surface area contributed by atoms with Crippen LogP contribution in [-0.4, -0.2) is 89.4 Å². The van der Waals surface area contributed by atoms with Crippen LogP contribution in [0.5, 0.6) is 0 Å². The van der Waals surface area contributed by atoms with E-state index >= 15 is 0 Å². The van der Waals surface area contributed by atoms with Gasteiger partial charge in [-0.25, -0.2) is 0 Å². The maximum atomic E-state index is 13.2. The third kappa shape index (κ3) is 9.53. The van der Waals surface area contributed by atoms with E-state index in [0.717, 1.165) is 56.3 Å². The van der Waals surface area contributed by atoms with Crippen LogP contribution in [0.15, 0.2) is 33.1 Å². The number of Topliss-reactive ketones (excluding diaryl/α,β-unsaturated/α-hetero) is 1. The number of hydrogen-bond donors (Lipinski definition) is 6. The molecule has 0 bridgehead atoms. The molecule has 0 fully saturated rings. The maximum Gasteiger partial charge on any atom is 0.197 e. The molecular weight excluding hydrogens is 524 g/mol. The van der Waals surface area contributed by atoms with Gasteiger partial charge in [0.15, 0.2) is 5.78 Å². The summed E-state index contributed by atoms with van der Waals surface area (Å²) in [4.78, 5) is 15.4. The fourth-order valence-corrected chi connectivity index (χ4v) is 8.12. The van der Waals surface area contributed by atoms with Gasteiger partial charge in [-0.3, -0.25) is 4.79 Å². The predicted molar refractivity (Wildman–Crippen MR) is 170 cm³/mol. The molecule has 0 aromatic heterocycles. The molecule has 40 heavy (non-hydrogen) atoms. The van der Waals surface area contributed by atoms with Crippen molar-refractivity contribution in [1.82, 2.24) is 15.5 Å². The molecule has 0 amide bonds. The van der Waals surface area contributed by atoms with Crippen molar-refractivity contribution in [1.29, 1.82) is 0 Å². The number of carbonyl (C=O) groups is 1. The van der Waals surface area contributed by atoms with E-state index in [0.29, 0.717) is 25.4 Å². The molecule has 2 aliphatic rings. The molecule has 0 spiro atoms. The number of rotatable bonds is 20. The van der Waals surface area contributed by atoms with Crippen LogP contribution in [-0.2, 0) is 4.79 Å². The topological polar surface area (TPSA) is 149 Å². The Morgan fingerprint density at radius 2 is 1.98 bits per heavy atom. The number of allylic oxidation sites excluding steroid dienone is 3. The molecule has 0 radical (unpaired) electrons. The average molecular weight is 581 g/mol. The van der Waals surface area contributed by atoms with Gasteiger partial charge in [-0.2, -0.15) is 5.10 Å². The lowest BCUT2D eigenvalue weighted by Gasteiger charge is -2.43. The molecule has 0 saturated carbocycles. The van der Waals surface area contributed by atoms with E-state index in [4.69, 9.17) is 11.6 Å². The monoisotopic (exact) mass is 580 g/mol. The van der Waals surface area contributed by atoms with Gasteiger partial charge in [0.2, 0.25) is 0 Å². The smallest absolute Gasteiger partial charge is 0.197 e. The van der Waals surface area contributed by atoms with Gasteiger partial charge in [0.25, 0.3) is 0 Å². The van der Waals surface area contributed by atoms with Crippen LogP contribution in [0.2, 0.25) is 0 Å². The lowest BCUT2D eigenvalue weighted by Crippen LogP contribution is -2.39. The molecule has 10 heteroatoms. The van der Waals surface area contributed by atoms with Gasteiger partial charge >= 0.3 is 0 Å². The Morgan fingerprint density at radius 1 is 1.27 bits per heavy atom. The van der Waals surface area contributed by atoms with Crippen molar-refractivity contribution in [3.05, 3.63) is 28.0 Å². The van der Waals surface area contributed by atoms with Crippen molar-refractivity contribution in [3.8, 4) is 0 Å². The number of hydrogen-bond acceptors (Lipinski definition) is 9. The van der Waals surface area contributed by atoms with Crippen LogP contribution in [0.4, 0.5) is 0 Å². The van der Waals surface area contributed by atoms with E-state index in [9.17, 15) is 14.5 Å². The SMILES string of the molecule is CCNC(CCCNCC(=O)/C(=N/N)C1=C=C(C[C@@](C)(CN)C[C@H](C)CN(C)C)CC2=C1C2)S(O)(CO)C(C)C. The van der Waals surface area contributed by atoms with Gasteiger partial charge in [0.05, 0.1) is 23.4 Å². The highest BCUT2D eigenvalue weighted by molar-refractivity contribution is 8.29. The van der Waals surface area contributed by atoms with Gasteiger partial charge in [0.1, 0.15) is 5.71 Å². The number of hydrazone groups is 1. The molecule has 2 unspecified atom stereocenters. The van der Waals surface area contributed by atoms with Crippen molar-refractivity contribution in [2.24, 2.45) is 28.0 Å². The fraction of sp³-hybridized carbons (Fsp3) is 0.767. The second-order valence-corrected chi connectivity index (χ2v) is 15.9. The number of carbonyl (C=O) groups excluding carboxylic acids is 1. The fourth-order valence-electron chi connectivity index (χ4n) is 5.96. The molecule has 2 aliphatic carbocycles. The number of aliphatic hydroxyl groups excluding tert-OH is 1. The molecule has 8 N–H and O–H groups in total. The summed E-state index contributed by atoms with van der Waals surface area (Å²) in [5.41, 5.74) is 14.5. The van der Waals surface area contributed by atoms with Crippen LogP contribution in [0.1, 0.15) is 73.1 Å². The molecule has 0 aliphatic heterocycles. The first-order valence-corrected chi connectivity index (χ1v) is 16.6. The quantitative estimate of drug-likeness (QED) is 0.0422. The largest absolute Gasteiger partial charge is 0.385 e. The summed E-state index contributed by atoms with van der Waals surface area (Å²) in [5, 5.41) is 20.2. The highest BCUT2D eigenvalue weighted by Crippen LogP contribution is 2.52. The van der Waals surface area contributed by atoms with Crippen molar-refractivity contribution in [2.45, 2.75) is 83.8 Å². The Hall–Kier alpha value is -1.49. The molecule has 0 aromatic carbocycles. The average Bonchev–Trinajstić information content (AvgIpc) is 3.66. The number of nitrogens with two attached hydrogens (primary N) is 2. The first kappa shape index (κ1) is 34.7. The summed E-state index contributed by atoms with van der Waals surface area (Å²) < 4.78 is 11.0. The Bertz CT molecular complexity index is 1000. The number of nitrogens with zero attached hydrogens (tertiary/aromatic N) is 2. The van der Waals surface area contributed by atoms with E-state index in [-0.39, 0.29) is 40.0 Å². The minimum absolute atomic E-state index is 0.00749. The van der Waals surface area contributed by atoms with E-state index in [2.05, 4.69) is 54.3 Å². The van der Waals surface area contributed by atoms with Crippen LogP contribution in [0.25, 0.3) is 0 Å². The maximum absolute atomic E-state index is 13.2. The Balaban J connectivity index is 2.02. The molecule has 9 nitrogen and oxygen atoms in total. The molecule has 0 saturated heterocycles. The first-order valence-electron chi connectivity index (χ1n) is 14.8. The van der Waals surface area contributed by atoms with Gasteiger partial charge in [-0.15, -0.1) is 5.73 Å². The normalized spacial score (nSPS) is 20.9. The van der Waals surface area contributed by atoms with E-state index in [1.807, 2.05) is 20.8 Å². The van der Waals surface area contributed by atoms with Crippen LogP contribution in [0, 0.1) is 11.3 Å². The van der Waals surface area contributed by atoms with Crippen molar-refractivity contribution < 1.29 is 14.5 Å². The molecule has 230 valence electrons. The lowest BCUT2D eigenvalue weighted by atomic mass is 9.75. The van der Waals surface area contributed by atoms with E-state index in [1.54, 1.807) is 0 Å².